The Morgan fingerprint density at radius 2 is 1.95 bits per heavy atom. The molecular formula is C16H12BrNO4. The molecule has 6 heteroatoms. The van der Waals surface area contributed by atoms with Gasteiger partial charge in [-0.2, -0.15) is 0 Å². The van der Waals surface area contributed by atoms with Crippen LogP contribution in [0.5, 0.6) is 5.75 Å². The highest BCUT2D eigenvalue weighted by molar-refractivity contribution is 9.10. The predicted octanol–water partition coefficient (Wildman–Crippen LogP) is 3.20. The van der Waals surface area contributed by atoms with Crippen LogP contribution in [0, 0.1) is 0 Å². The first kappa shape index (κ1) is 15.9. The summed E-state index contributed by atoms with van der Waals surface area (Å²) >= 11 is 3.36. The van der Waals surface area contributed by atoms with Gasteiger partial charge in [0.25, 0.3) is 5.78 Å². The summed E-state index contributed by atoms with van der Waals surface area (Å²) in [5.41, 5.74) is 0.940. The van der Waals surface area contributed by atoms with Gasteiger partial charge in [-0.15, -0.1) is 0 Å². The second-order valence-corrected chi connectivity index (χ2v) is 5.19. The van der Waals surface area contributed by atoms with Crippen LogP contribution in [0.3, 0.4) is 0 Å². The van der Waals surface area contributed by atoms with E-state index in [1.807, 2.05) is 30.3 Å². The highest BCUT2D eigenvalue weighted by Gasteiger charge is 2.19. The summed E-state index contributed by atoms with van der Waals surface area (Å²) in [6, 6.07) is 9.18. The summed E-state index contributed by atoms with van der Waals surface area (Å²) in [5, 5.41) is 8.75. The molecule has 1 aromatic carbocycles. The summed E-state index contributed by atoms with van der Waals surface area (Å²) in [5.74, 6) is -2.38. The molecule has 22 heavy (non-hydrogen) atoms. The van der Waals surface area contributed by atoms with Crippen LogP contribution in [0.15, 0.2) is 53.3 Å². The molecule has 0 unspecified atom stereocenters. The Hall–Kier alpha value is -2.47. The van der Waals surface area contributed by atoms with E-state index in [-0.39, 0.29) is 17.9 Å². The van der Waals surface area contributed by atoms with Crippen LogP contribution < -0.4 is 4.74 Å². The second-order valence-electron chi connectivity index (χ2n) is 4.27. The third kappa shape index (κ3) is 4.26. The number of carbonyl (C=O) groups is 2. The smallest absolute Gasteiger partial charge is 0.377 e. The Bertz CT molecular complexity index is 710. The first-order chi connectivity index (χ1) is 10.6. The molecule has 112 valence electrons. The molecule has 0 aliphatic carbocycles. The zero-order chi connectivity index (χ0) is 15.9. The molecule has 1 heterocycles. The van der Waals surface area contributed by atoms with Gasteiger partial charge in [-0.25, -0.2) is 4.79 Å². The van der Waals surface area contributed by atoms with E-state index in [0.717, 1.165) is 10.0 Å². The van der Waals surface area contributed by atoms with Gasteiger partial charge in [0.05, 0.1) is 5.56 Å². The molecule has 2 rings (SSSR count). The molecule has 1 aromatic heterocycles. The van der Waals surface area contributed by atoms with Gasteiger partial charge in [0, 0.05) is 16.9 Å². The first-order valence-corrected chi connectivity index (χ1v) is 7.14. The summed E-state index contributed by atoms with van der Waals surface area (Å²) in [6.45, 7) is 0.208. The number of hydrogen-bond donors (Lipinski definition) is 1. The van der Waals surface area contributed by atoms with E-state index in [1.165, 1.54) is 18.5 Å². The highest BCUT2D eigenvalue weighted by Crippen LogP contribution is 2.17. The number of pyridine rings is 1. The van der Waals surface area contributed by atoms with E-state index in [1.54, 1.807) is 6.08 Å². The molecular weight excluding hydrogens is 350 g/mol. The van der Waals surface area contributed by atoms with Crippen LogP contribution in [0.4, 0.5) is 0 Å². The van der Waals surface area contributed by atoms with Crippen molar-refractivity contribution in [2.24, 2.45) is 0 Å². The van der Waals surface area contributed by atoms with Crippen molar-refractivity contribution in [3.05, 3.63) is 64.4 Å². The van der Waals surface area contributed by atoms with E-state index in [9.17, 15) is 9.59 Å². The Labute approximate surface area is 135 Å². The minimum absolute atomic E-state index is 0.0629. The quantitative estimate of drug-likeness (QED) is 0.631. The number of aromatic nitrogens is 1. The summed E-state index contributed by atoms with van der Waals surface area (Å²) in [6.07, 6.45) is 6.27. The fraction of sp³-hybridized carbons (Fsp3) is 0.0625. The number of rotatable bonds is 6. The van der Waals surface area contributed by atoms with Crippen LogP contribution in [0.25, 0.3) is 6.08 Å². The molecule has 2 aromatic rings. The minimum atomic E-state index is -1.54. The normalized spacial score (nSPS) is 10.6. The van der Waals surface area contributed by atoms with E-state index < -0.39 is 11.8 Å². The second kappa shape index (κ2) is 7.51. The van der Waals surface area contributed by atoms with Gasteiger partial charge < -0.3 is 9.84 Å². The molecule has 0 amide bonds. The topological polar surface area (TPSA) is 76.5 Å². The molecule has 0 atom stereocenters. The lowest BCUT2D eigenvalue weighted by Crippen LogP contribution is -2.14. The first-order valence-electron chi connectivity index (χ1n) is 6.34. The fourth-order valence-corrected chi connectivity index (χ4v) is 1.95. The van der Waals surface area contributed by atoms with Crippen molar-refractivity contribution in [2.75, 3.05) is 6.61 Å². The van der Waals surface area contributed by atoms with Gasteiger partial charge in [0.15, 0.2) is 0 Å². The maximum atomic E-state index is 11.5. The molecule has 0 bridgehead atoms. The Morgan fingerprint density at radius 3 is 2.64 bits per heavy atom. The van der Waals surface area contributed by atoms with Crippen LogP contribution in [0.2, 0.25) is 0 Å². The number of ether oxygens (including phenoxy) is 1. The van der Waals surface area contributed by atoms with E-state index in [4.69, 9.17) is 9.84 Å². The number of halogens is 1. The molecule has 0 fully saturated rings. The third-order valence-corrected chi connectivity index (χ3v) is 3.26. The van der Waals surface area contributed by atoms with Gasteiger partial charge in [0.2, 0.25) is 0 Å². The number of carbonyl (C=O) groups excluding carboxylic acids is 1. The molecule has 1 N–H and O–H groups in total. The van der Waals surface area contributed by atoms with Crippen molar-refractivity contribution >= 4 is 33.8 Å². The largest absolute Gasteiger partial charge is 0.489 e. The number of nitrogens with zero attached hydrogens (tertiary/aromatic N) is 1. The molecule has 0 aliphatic heterocycles. The Balaban J connectivity index is 2.01. The summed E-state index contributed by atoms with van der Waals surface area (Å²) < 4.78 is 6.43. The highest BCUT2D eigenvalue weighted by atomic mass is 79.9. The number of aliphatic carboxylic acids is 1. The van der Waals surface area contributed by atoms with Gasteiger partial charge >= 0.3 is 5.97 Å². The molecule has 0 radical (unpaired) electrons. The van der Waals surface area contributed by atoms with E-state index >= 15 is 0 Å². The van der Waals surface area contributed by atoms with Crippen molar-refractivity contribution in [1.29, 1.82) is 0 Å². The third-order valence-electron chi connectivity index (χ3n) is 2.74. The van der Waals surface area contributed by atoms with Crippen molar-refractivity contribution in [2.45, 2.75) is 0 Å². The number of carboxylic acids is 1. The maximum Gasteiger partial charge on any atom is 0.377 e. The lowest BCUT2D eigenvalue weighted by Gasteiger charge is -2.06. The number of hydrogen-bond acceptors (Lipinski definition) is 4. The van der Waals surface area contributed by atoms with E-state index in [2.05, 4.69) is 20.9 Å². The lowest BCUT2D eigenvalue weighted by molar-refractivity contribution is -0.131. The number of benzene rings is 1. The Morgan fingerprint density at radius 1 is 1.23 bits per heavy atom. The van der Waals surface area contributed by atoms with Crippen molar-refractivity contribution in [3.63, 3.8) is 0 Å². The molecule has 0 saturated carbocycles. The summed E-state index contributed by atoms with van der Waals surface area (Å²) in [4.78, 5) is 26.0. The van der Waals surface area contributed by atoms with Crippen LogP contribution in [0.1, 0.15) is 15.9 Å². The standard InChI is InChI=1S/C16H12BrNO4/c17-12-5-3-11(4-6-12)2-1-9-22-14-7-8-18-10-13(14)15(19)16(20)21/h1-8,10H,9H2,(H,20,21)/b2-1+. The van der Waals surface area contributed by atoms with Gasteiger partial charge in [0.1, 0.15) is 12.4 Å². The van der Waals surface area contributed by atoms with Crippen LogP contribution in [-0.4, -0.2) is 28.4 Å². The van der Waals surface area contributed by atoms with Gasteiger partial charge in [-0.1, -0.05) is 34.1 Å². The van der Waals surface area contributed by atoms with Crippen LogP contribution >= 0.6 is 15.9 Å². The average molecular weight is 362 g/mol. The van der Waals surface area contributed by atoms with Crippen molar-refractivity contribution in [3.8, 4) is 5.75 Å². The lowest BCUT2D eigenvalue weighted by atomic mass is 10.2. The number of Topliss-reactive ketones (excluding diaryl/α,β-unsaturated/α-hetero) is 1. The zero-order valence-electron chi connectivity index (χ0n) is 11.4. The SMILES string of the molecule is O=C(O)C(=O)c1cnccc1OC/C=C/c1ccc(Br)cc1. The minimum Gasteiger partial charge on any atom is -0.489 e. The van der Waals surface area contributed by atoms with Crippen LogP contribution in [-0.2, 0) is 4.79 Å². The van der Waals surface area contributed by atoms with Crippen molar-refractivity contribution < 1.29 is 19.4 Å². The van der Waals surface area contributed by atoms with E-state index in [0.29, 0.717) is 0 Å². The fourth-order valence-electron chi connectivity index (χ4n) is 1.69. The predicted molar refractivity (Wildman–Crippen MR) is 84.9 cm³/mol. The average Bonchev–Trinajstić information content (AvgIpc) is 2.53. The zero-order valence-corrected chi connectivity index (χ0v) is 13.0. The molecule has 0 aliphatic rings. The number of ketones is 1. The Kier molecular flexibility index (Phi) is 5.43. The molecule has 0 spiro atoms. The monoisotopic (exact) mass is 361 g/mol. The molecule has 5 nitrogen and oxygen atoms in total. The maximum absolute atomic E-state index is 11.5. The van der Waals surface area contributed by atoms with Gasteiger partial charge in [-0.3, -0.25) is 9.78 Å². The van der Waals surface area contributed by atoms with Gasteiger partial charge in [-0.05, 0) is 29.8 Å². The molecule has 0 saturated heterocycles. The number of carboxylic acid groups (broad SMARTS) is 1. The van der Waals surface area contributed by atoms with Crippen molar-refractivity contribution in [1.82, 2.24) is 4.98 Å². The summed E-state index contributed by atoms with van der Waals surface area (Å²) in [7, 11) is 0.